The van der Waals surface area contributed by atoms with Crippen molar-refractivity contribution in [2.75, 3.05) is 6.54 Å². The Hall–Kier alpha value is -0.900. The molecule has 0 aromatic heterocycles. The maximum Gasteiger partial charge on any atom is 0.375 e. The second kappa shape index (κ2) is 4.75. The number of ketones is 1. The Kier molecular flexibility index (Phi) is 3.85. The molecular formula is C11H19NO3. The van der Waals surface area contributed by atoms with Crippen molar-refractivity contribution in [1.82, 2.24) is 5.32 Å². The SMILES string of the molecule is CC(C)(C)OC(=O)C(=O)C[C@@H]1CCCN1. The van der Waals surface area contributed by atoms with Gasteiger partial charge in [0.25, 0.3) is 0 Å². The van der Waals surface area contributed by atoms with E-state index >= 15 is 0 Å². The Balaban J connectivity index is 2.36. The highest BCUT2D eigenvalue weighted by Gasteiger charge is 2.26. The first-order valence-electron chi connectivity index (χ1n) is 5.38. The quantitative estimate of drug-likeness (QED) is 0.562. The lowest BCUT2D eigenvalue weighted by atomic mass is 10.1. The third-order valence-electron chi connectivity index (χ3n) is 2.22. The van der Waals surface area contributed by atoms with Crippen molar-refractivity contribution in [3.63, 3.8) is 0 Å². The second-order valence-corrected chi connectivity index (χ2v) is 4.92. The zero-order valence-electron chi connectivity index (χ0n) is 9.63. The summed E-state index contributed by atoms with van der Waals surface area (Å²) in [4.78, 5) is 22.8. The molecule has 15 heavy (non-hydrogen) atoms. The van der Waals surface area contributed by atoms with Gasteiger partial charge in [-0.25, -0.2) is 4.79 Å². The van der Waals surface area contributed by atoms with Crippen LogP contribution in [0.4, 0.5) is 0 Å². The van der Waals surface area contributed by atoms with E-state index in [9.17, 15) is 9.59 Å². The molecule has 0 aromatic carbocycles. The Morgan fingerprint density at radius 3 is 2.53 bits per heavy atom. The minimum atomic E-state index is -0.712. The summed E-state index contributed by atoms with van der Waals surface area (Å²) >= 11 is 0. The molecule has 4 nitrogen and oxygen atoms in total. The molecule has 86 valence electrons. The molecule has 0 radical (unpaired) electrons. The van der Waals surface area contributed by atoms with Gasteiger partial charge in [-0.3, -0.25) is 4.79 Å². The molecule has 0 aliphatic carbocycles. The Bertz CT molecular complexity index is 249. The topological polar surface area (TPSA) is 55.4 Å². The summed E-state index contributed by atoms with van der Waals surface area (Å²) in [6, 6.07) is 0.157. The van der Waals surface area contributed by atoms with Crippen LogP contribution < -0.4 is 5.32 Å². The summed E-state index contributed by atoms with van der Waals surface area (Å²) < 4.78 is 4.99. The van der Waals surface area contributed by atoms with E-state index in [1.807, 2.05) is 0 Å². The molecular weight excluding hydrogens is 194 g/mol. The largest absolute Gasteiger partial charge is 0.454 e. The van der Waals surface area contributed by atoms with E-state index in [0.29, 0.717) is 0 Å². The van der Waals surface area contributed by atoms with E-state index in [2.05, 4.69) is 5.32 Å². The molecule has 4 heteroatoms. The smallest absolute Gasteiger partial charge is 0.375 e. The highest BCUT2D eigenvalue weighted by Crippen LogP contribution is 2.12. The van der Waals surface area contributed by atoms with Crippen molar-refractivity contribution in [3.05, 3.63) is 0 Å². The van der Waals surface area contributed by atoms with Gasteiger partial charge in [-0.15, -0.1) is 0 Å². The van der Waals surface area contributed by atoms with Gasteiger partial charge in [0.05, 0.1) is 0 Å². The minimum Gasteiger partial charge on any atom is -0.454 e. The Morgan fingerprint density at radius 1 is 1.40 bits per heavy atom. The number of carbonyl (C=O) groups excluding carboxylic acids is 2. The minimum absolute atomic E-state index is 0.157. The van der Waals surface area contributed by atoms with Crippen molar-refractivity contribution in [1.29, 1.82) is 0 Å². The zero-order valence-corrected chi connectivity index (χ0v) is 9.63. The number of carbonyl (C=O) groups is 2. The maximum absolute atomic E-state index is 11.5. The van der Waals surface area contributed by atoms with E-state index in [4.69, 9.17) is 4.74 Å². The molecule has 1 atom stereocenters. The van der Waals surface area contributed by atoms with Gasteiger partial charge in [0.15, 0.2) is 0 Å². The van der Waals surface area contributed by atoms with E-state index in [-0.39, 0.29) is 12.5 Å². The fourth-order valence-corrected chi connectivity index (χ4v) is 1.57. The lowest BCUT2D eigenvalue weighted by Gasteiger charge is -2.19. The second-order valence-electron chi connectivity index (χ2n) is 4.92. The van der Waals surface area contributed by atoms with Crippen molar-refractivity contribution in [3.8, 4) is 0 Å². The average molecular weight is 213 g/mol. The summed E-state index contributed by atoms with van der Waals surface area (Å²) in [7, 11) is 0. The Labute approximate surface area is 90.4 Å². The van der Waals surface area contributed by atoms with Gasteiger partial charge in [-0.2, -0.15) is 0 Å². The fourth-order valence-electron chi connectivity index (χ4n) is 1.57. The molecule has 1 saturated heterocycles. The molecule has 0 aromatic rings. The van der Waals surface area contributed by atoms with Crippen molar-refractivity contribution in [2.24, 2.45) is 0 Å². The van der Waals surface area contributed by atoms with Crippen molar-refractivity contribution in [2.45, 2.75) is 51.7 Å². The van der Waals surface area contributed by atoms with Gasteiger partial charge in [-0.1, -0.05) is 0 Å². The van der Waals surface area contributed by atoms with Crippen LogP contribution in [0.2, 0.25) is 0 Å². The number of nitrogens with one attached hydrogen (secondary N) is 1. The number of hydrogen-bond acceptors (Lipinski definition) is 4. The summed E-state index contributed by atoms with van der Waals surface area (Å²) in [5.74, 6) is -1.14. The highest BCUT2D eigenvalue weighted by atomic mass is 16.6. The van der Waals surface area contributed by atoms with E-state index in [1.54, 1.807) is 20.8 Å². The predicted octanol–water partition coefficient (Wildman–Crippen LogP) is 1.04. The number of rotatable bonds is 3. The number of Topliss-reactive ketones (excluding diaryl/α,β-unsaturated/α-hetero) is 1. The van der Waals surface area contributed by atoms with Gasteiger partial charge in [-0.05, 0) is 40.2 Å². The molecule has 0 amide bonds. The molecule has 0 unspecified atom stereocenters. The molecule has 1 aliphatic rings. The first kappa shape index (κ1) is 12.2. The molecule has 1 N–H and O–H groups in total. The normalized spacial score (nSPS) is 21.4. The first-order chi connectivity index (χ1) is 6.88. The standard InChI is InChI=1S/C11H19NO3/c1-11(2,3)15-10(14)9(13)7-8-5-4-6-12-8/h8,12H,4-7H2,1-3H3/t8-/m0/s1. The van der Waals surface area contributed by atoms with Crippen molar-refractivity contribution >= 4 is 11.8 Å². The van der Waals surface area contributed by atoms with Crippen LogP contribution in [0.25, 0.3) is 0 Å². The van der Waals surface area contributed by atoms with Gasteiger partial charge in [0, 0.05) is 12.5 Å². The highest BCUT2D eigenvalue weighted by molar-refractivity contribution is 6.33. The van der Waals surface area contributed by atoms with Crippen LogP contribution in [-0.2, 0) is 14.3 Å². The van der Waals surface area contributed by atoms with Crippen LogP contribution >= 0.6 is 0 Å². The van der Waals surface area contributed by atoms with Gasteiger partial charge in [0.2, 0.25) is 5.78 Å². The predicted molar refractivity (Wildman–Crippen MR) is 56.5 cm³/mol. The van der Waals surface area contributed by atoms with E-state index < -0.39 is 17.4 Å². The third kappa shape index (κ3) is 4.42. The summed E-state index contributed by atoms with van der Waals surface area (Å²) in [6.45, 7) is 6.20. The van der Waals surface area contributed by atoms with Crippen LogP contribution in [0.3, 0.4) is 0 Å². The van der Waals surface area contributed by atoms with Crippen LogP contribution in [-0.4, -0.2) is 29.9 Å². The summed E-state index contributed by atoms with van der Waals surface area (Å²) in [5.41, 5.74) is -0.587. The molecule has 0 spiro atoms. The summed E-state index contributed by atoms with van der Waals surface area (Å²) in [5, 5.41) is 3.18. The average Bonchev–Trinajstić information content (AvgIpc) is 2.53. The zero-order chi connectivity index (χ0) is 11.5. The number of hydrogen-bond donors (Lipinski definition) is 1. The fraction of sp³-hybridized carbons (Fsp3) is 0.818. The monoisotopic (exact) mass is 213 g/mol. The first-order valence-corrected chi connectivity index (χ1v) is 5.38. The van der Waals surface area contributed by atoms with Crippen LogP contribution in [0.15, 0.2) is 0 Å². The molecule has 0 saturated carbocycles. The Morgan fingerprint density at radius 2 is 2.07 bits per heavy atom. The van der Waals surface area contributed by atoms with E-state index in [1.165, 1.54) is 0 Å². The van der Waals surface area contributed by atoms with Gasteiger partial charge in [0.1, 0.15) is 5.60 Å². The van der Waals surface area contributed by atoms with Crippen LogP contribution in [0, 0.1) is 0 Å². The number of ether oxygens (including phenoxy) is 1. The maximum atomic E-state index is 11.5. The van der Waals surface area contributed by atoms with Crippen LogP contribution in [0.1, 0.15) is 40.0 Å². The van der Waals surface area contributed by atoms with Crippen LogP contribution in [0.5, 0.6) is 0 Å². The van der Waals surface area contributed by atoms with Crippen molar-refractivity contribution < 1.29 is 14.3 Å². The molecule has 1 rings (SSSR count). The number of esters is 1. The summed E-state index contributed by atoms with van der Waals surface area (Å²) in [6.07, 6.45) is 2.30. The lowest BCUT2D eigenvalue weighted by molar-refractivity contribution is -0.162. The molecule has 0 bridgehead atoms. The van der Waals surface area contributed by atoms with E-state index in [0.717, 1.165) is 19.4 Å². The van der Waals surface area contributed by atoms with Gasteiger partial charge >= 0.3 is 5.97 Å². The third-order valence-corrected chi connectivity index (χ3v) is 2.22. The molecule has 1 heterocycles. The van der Waals surface area contributed by atoms with Gasteiger partial charge < -0.3 is 10.1 Å². The molecule has 1 aliphatic heterocycles. The lowest BCUT2D eigenvalue weighted by Crippen LogP contribution is -2.33. The molecule has 1 fully saturated rings.